The minimum absolute atomic E-state index is 0.0634. The van der Waals surface area contributed by atoms with Crippen LogP contribution in [0.2, 0.25) is 0 Å². The predicted octanol–water partition coefficient (Wildman–Crippen LogP) is 1.36. The van der Waals surface area contributed by atoms with Crippen LogP contribution < -0.4 is 16.0 Å². The normalized spacial score (nSPS) is 31.0. The summed E-state index contributed by atoms with van der Waals surface area (Å²) < 4.78 is 0. The molecule has 3 aliphatic rings. The molecule has 0 spiro atoms. The van der Waals surface area contributed by atoms with Crippen LogP contribution in [0.25, 0.3) is 0 Å². The number of benzene rings is 1. The maximum Gasteiger partial charge on any atom is 0.224 e. The maximum atomic E-state index is 11.5. The number of carbonyl (C=O) groups excluding carboxylic acids is 1. The first-order valence-electron chi connectivity index (χ1n) is 7.77. The van der Waals surface area contributed by atoms with Gasteiger partial charge in [-0.15, -0.1) is 0 Å². The number of aliphatic hydroxyl groups is 1. The van der Waals surface area contributed by atoms with E-state index in [2.05, 4.69) is 16.3 Å². The average molecular weight is 287 g/mol. The van der Waals surface area contributed by atoms with Crippen molar-refractivity contribution in [2.75, 3.05) is 29.0 Å². The summed E-state index contributed by atoms with van der Waals surface area (Å²) in [5.74, 6) is 1.05. The molecule has 3 unspecified atom stereocenters. The van der Waals surface area contributed by atoms with E-state index >= 15 is 0 Å². The Morgan fingerprint density at radius 1 is 1.24 bits per heavy atom. The smallest absolute Gasteiger partial charge is 0.224 e. The first kappa shape index (κ1) is 13.0. The lowest BCUT2D eigenvalue weighted by Gasteiger charge is -2.25. The number of fused-ring (bicyclic) bond motifs is 2. The van der Waals surface area contributed by atoms with Crippen LogP contribution in [0.15, 0.2) is 12.1 Å². The third-order valence-corrected chi connectivity index (χ3v) is 5.31. The fraction of sp³-hybridized carbons (Fsp3) is 0.562. The van der Waals surface area contributed by atoms with Crippen LogP contribution in [0.1, 0.15) is 24.8 Å². The number of nitrogens with one attached hydrogen (secondary N) is 1. The maximum absolute atomic E-state index is 11.5. The van der Waals surface area contributed by atoms with Gasteiger partial charge in [-0.1, -0.05) is 0 Å². The number of hydrogen-bond donors (Lipinski definition) is 3. The molecule has 0 aromatic heterocycles. The summed E-state index contributed by atoms with van der Waals surface area (Å²) in [7, 11) is 0. The van der Waals surface area contributed by atoms with Crippen LogP contribution in [0.5, 0.6) is 0 Å². The van der Waals surface area contributed by atoms with Gasteiger partial charge in [0.1, 0.15) is 0 Å². The van der Waals surface area contributed by atoms with Crippen molar-refractivity contribution >= 4 is 23.0 Å². The van der Waals surface area contributed by atoms with E-state index in [1.165, 1.54) is 0 Å². The minimum atomic E-state index is -0.155. The number of nitrogens with zero attached hydrogens (tertiary/aromatic N) is 1. The molecule has 4 N–H and O–H groups in total. The second-order valence-corrected chi connectivity index (χ2v) is 6.59. The van der Waals surface area contributed by atoms with Crippen molar-refractivity contribution in [3.05, 3.63) is 17.7 Å². The largest absolute Gasteiger partial charge is 0.397 e. The van der Waals surface area contributed by atoms with Gasteiger partial charge in [0.25, 0.3) is 0 Å². The lowest BCUT2D eigenvalue weighted by molar-refractivity contribution is -0.116. The molecule has 3 atom stereocenters. The lowest BCUT2D eigenvalue weighted by Crippen LogP contribution is -2.26. The second-order valence-electron chi connectivity index (χ2n) is 6.59. The molecule has 1 saturated heterocycles. The van der Waals surface area contributed by atoms with Gasteiger partial charge in [-0.25, -0.2) is 0 Å². The van der Waals surface area contributed by atoms with E-state index in [9.17, 15) is 9.90 Å². The van der Waals surface area contributed by atoms with E-state index in [4.69, 9.17) is 5.73 Å². The summed E-state index contributed by atoms with van der Waals surface area (Å²) in [5, 5.41) is 12.9. The number of aryl methyl sites for hydroxylation is 1. The lowest BCUT2D eigenvalue weighted by atomic mass is 10.00. The van der Waals surface area contributed by atoms with E-state index in [-0.39, 0.29) is 12.0 Å². The SMILES string of the molecule is Nc1cc2c(cc1N1CC3CCC(O)C3C1)CCC(=O)N2. The zero-order valence-corrected chi connectivity index (χ0v) is 12.0. The Kier molecular flexibility index (Phi) is 2.85. The van der Waals surface area contributed by atoms with Gasteiger partial charge >= 0.3 is 0 Å². The molecule has 0 bridgehead atoms. The van der Waals surface area contributed by atoms with Crippen molar-refractivity contribution in [2.45, 2.75) is 31.8 Å². The molecule has 1 aromatic rings. The molecule has 5 nitrogen and oxygen atoms in total. The van der Waals surface area contributed by atoms with Crippen LogP contribution in [0.3, 0.4) is 0 Å². The number of aliphatic hydroxyl groups excluding tert-OH is 1. The van der Waals surface area contributed by atoms with Crippen LogP contribution in [-0.4, -0.2) is 30.2 Å². The summed E-state index contributed by atoms with van der Waals surface area (Å²) in [6.45, 7) is 1.87. The van der Waals surface area contributed by atoms with Crippen LogP contribution >= 0.6 is 0 Å². The summed E-state index contributed by atoms with van der Waals surface area (Å²) in [6, 6.07) is 4.00. The molecule has 2 heterocycles. The quantitative estimate of drug-likeness (QED) is 0.682. The molecule has 0 radical (unpaired) electrons. The molecule has 1 aliphatic carbocycles. The zero-order chi connectivity index (χ0) is 14.6. The van der Waals surface area contributed by atoms with E-state index < -0.39 is 0 Å². The predicted molar refractivity (Wildman–Crippen MR) is 82.2 cm³/mol. The van der Waals surface area contributed by atoms with Gasteiger partial charge in [-0.2, -0.15) is 0 Å². The monoisotopic (exact) mass is 287 g/mol. The van der Waals surface area contributed by atoms with Gasteiger partial charge in [-0.05, 0) is 42.9 Å². The summed E-state index contributed by atoms with van der Waals surface area (Å²) in [5.41, 5.74) is 9.99. The Bertz CT molecular complexity index is 601. The highest BCUT2D eigenvalue weighted by Gasteiger charge is 2.42. The van der Waals surface area contributed by atoms with E-state index in [1.807, 2.05) is 6.07 Å². The van der Waals surface area contributed by atoms with Crippen molar-refractivity contribution in [3.8, 4) is 0 Å². The van der Waals surface area contributed by atoms with Gasteiger partial charge in [0, 0.05) is 31.1 Å². The molecule has 5 heteroatoms. The van der Waals surface area contributed by atoms with Gasteiger partial charge in [0.05, 0.1) is 17.5 Å². The fourth-order valence-corrected chi connectivity index (χ4v) is 4.14. The first-order chi connectivity index (χ1) is 10.1. The molecular weight excluding hydrogens is 266 g/mol. The summed E-state index contributed by atoms with van der Waals surface area (Å²) in [6.07, 6.45) is 3.22. The highest BCUT2D eigenvalue weighted by molar-refractivity contribution is 5.95. The van der Waals surface area contributed by atoms with Crippen LogP contribution in [0, 0.1) is 11.8 Å². The van der Waals surface area contributed by atoms with Gasteiger partial charge in [-0.3, -0.25) is 4.79 Å². The van der Waals surface area contributed by atoms with Crippen molar-refractivity contribution in [3.63, 3.8) is 0 Å². The Labute approximate surface area is 124 Å². The van der Waals surface area contributed by atoms with Gasteiger partial charge < -0.3 is 21.1 Å². The number of amides is 1. The third-order valence-electron chi connectivity index (χ3n) is 5.31. The fourth-order valence-electron chi connectivity index (χ4n) is 4.14. The van der Waals surface area contributed by atoms with E-state index in [1.54, 1.807) is 0 Å². The molecule has 2 aliphatic heterocycles. The Morgan fingerprint density at radius 3 is 2.90 bits per heavy atom. The Balaban J connectivity index is 1.63. The van der Waals surface area contributed by atoms with Crippen LogP contribution in [0.4, 0.5) is 17.1 Å². The molecule has 1 amide bonds. The minimum Gasteiger partial charge on any atom is -0.397 e. The van der Waals surface area contributed by atoms with Crippen LogP contribution in [-0.2, 0) is 11.2 Å². The average Bonchev–Trinajstić information content (AvgIpc) is 3.00. The van der Waals surface area contributed by atoms with Crippen molar-refractivity contribution < 1.29 is 9.90 Å². The molecule has 1 saturated carbocycles. The molecule has 1 aromatic carbocycles. The van der Waals surface area contributed by atoms with Gasteiger partial charge in [0.2, 0.25) is 5.91 Å². The summed E-state index contributed by atoms with van der Waals surface area (Å²) >= 11 is 0. The van der Waals surface area contributed by atoms with Crippen molar-refractivity contribution in [2.24, 2.45) is 11.8 Å². The topological polar surface area (TPSA) is 78.6 Å². The molecule has 112 valence electrons. The van der Waals surface area contributed by atoms with Crippen molar-refractivity contribution in [1.29, 1.82) is 0 Å². The summed E-state index contributed by atoms with van der Waals surface area (Å²) in [4.78, 5) is 13.8. The first-order valence-corrected chi connectivity index (χ1v) is 7.77. The number of hydrogen-bond acceptors (Lipinski definition) is 4. The number of anilines is 3. The molecular formula is C16H21N3O2. The standard InChI is InChI=1S/C16H21N3O2/c17-12-6-13-9(2-4-16(21)18-13)5-14(12)19-7-10-1-3-15(20)11(10)8-19/h5-6,10-11,15,20H,1-4,7-8,17H2,(H,18,21). The molecule has 2 fully saturated rings. The number of rotatable bonds is 1. The van der Waals surface area contributed by atoms with E-state index in [0.29, 0.717) is 23.9 Å². The zero-order valence-electron chi connectivity index (χ0n) is 12.0. The molecule has 21 heavy (non-hydrogen) atoms. The third kappa shape index (κ3) is 2.07. The number of carbonyl (C=O) groups is 1. The molecule has 4 rings (SSSR count). The highest BCUT2D eigenvalue weighted by Crippen LogP contribution is 2.42. The Morgan fingerprint density at radius 2 is 2.10 bits per heavy atom. The van der Waals surface area contributed by atoms with Gasteiger partial charge in [0.15, 0.2) is 0 Å². The highest BCUT2D eigenvalue weighted by atomic mass is 16.3. The number of nitrogen functional groups attached to an aromatic ring is 1. The Hall–Kier alpha value is -1.75. The van der Waals surface area contributed by atoms with E-state index in [0.717, 1.165) is 49.3 Å². The second kappa shape index (κ2) is 4.63. The van der Waals surface area contributed by atoms with Crippen molar-refractivity contribution in [1.82, 2.24) is 0 Å². The number of nitrogens with two attached hydrogens (primary N) is 1.